The Kier molecular flexibility index (Phi) is 5.41. The lowest BCUT2D eigenvalue weighted by Gasteiger charge is -2.45. The number of nitrogens with two attached hydrogens (primary N) is 1. The Balaban J connectivity index is 1.64. The minimum absolute atomic E-state index is 0.172. The summed E-state index contributed by atoms with van der Waals surface area (Å²) >= 11 is 6.20. The van der Waals surface area contributed by atoms with E-state index < -0.39 is 6.17 Å². The van der Waals surface area contributed by atoms with E-state index in [1.165, 1.54) is 19.3 Å². The molecule has 7 atom stereocenters. The lowest BCUT2D eigenvalue weighted by molar-refractivity contribution is 0.0893. The van der Waals surface area contributed by atoms with Crippen LogP contribution in [0.5, 0.6) is 0 Å². The molecule has 21 heavy (non-hydrogen) atoms. The number of alkyl halides is 2. The predicted molar refractivity (Wildman–Crippen MR) is 85.1 cm³/mol. The summed E-state index contributed by atoms with van der Waals surface area (Å²) in [5.74, 6) is 1.95. The van der Waals surface area contributed by atoms with Crippen molar-refractivity contribution >= 4 is 11.6 Å². The van der Waals surface area contributed by atoms with Gasteiger partial charge in [0.15, 0.2) is 0 Å². The fourth-order valence-electron chi connectivity index (χ4n) is 4.68. The number of halogens is 2. The molecule has 0 aromatic heterocycles. The Labute approximate surface area is 132 Å². The Morgan fingerprint density at radius 3 is 2.52 bits per heavy atom. The highest BCUT2D eigenvalue weighted by Gasteiger charge is 2.40. The van der Waals surface area contributed by atoms with Gasteiger partial charge in [-0.1, -0.05) is 0 Å². The van der Waals surface area contributed by atoms with E-state index in [0.29, 0.717) is 30.2 Å². The van der Waals surface area contributed by atoms with Crippen LogP contribution in [0, 0.1) is 17.8 Å². The molecule has 2 heterocycles. The van der Waals surface area contributed by atoms with Crippen LogP contribution in [0.1, 0.15) is 44.9 Å². The molecule has 2 aliphatic heterocycles. The third-order valence-corrected chi connectivity index (χ3v) is 6.34. The number of nitrogens with one attached hydrogen (secondary N) is 2. The van der Waals surface area contributed by atoms with Crippen LogP contribution >= 0.6 is 11.6 Å². The zero-order chi connectivity index (χ0) is 14.8. The first-order valence-corrected chi connectivity index (χ1v) is 9.09. The van der Waals surface area contributed by atoms with Crippen LogP contribution in [0.3, 0.4) is 0 Å². The van der Waals surface area contributed by atoms with E-state index in [1.54, 1.807) is 0 Å². The number of piperidine rings is 2. The van der Waals surface area contributed by atoms with Crippen LogP contribution in [-0.2, 0) is 0 Å². The lowest BCUT2D eigenvalue weighted by atomic mass is 9.69. The van der Waals surface area contributed by atoms with Gasteiger partial charge < -0.3 is 16.4 Å². The van der Waals surface area contributed by atoms with E-state index in [1.807, 2.05) is 0 Å². The molecule has 3 aliphatic rings. The molecule has 0 spiro atoms. The van der Waals surface area contributed by atoms with Gasteiger partial charge in [-0.2, -0.15) is 0 Å². The van der Waals surface area contributed by atoms with Gasteiger partial charge in [0.25, 0.3) is 0 Å². The Bertz CT molecular complexity index is 335. The molecular weight excluding hydrogens is 289 g/mol. The average molecular weight is 318 g/mol. The zero-order valence-corrected chi connectivity index (χ0v) is 13.5. The van der Waals surface area contributed by atoms with Crippen molar-refractivity contribution in [2.45, 2.75) is 68.7 Å². The molecule has 2 saturated heterocycles. The second kappa shape index (κ2) is 7.12. The monoisotopic (exact) mass is 317 g/mol. The quantitative estimate of drug-likeness (QED) is 0.685. The van der Waals surface area contributed by atoms with E-state index in [2.05, 4.69) is 10.6 Å². The third-order valence-electron chi connectivity index (χ3n) is 5.89. The van der Waals surface area contributed by atoms with Crippen LogP contribution < -0.4 is 16.4 Å². The van der Waals surface area contributed by atoms with Gasteiger partial charge in [-0.3, -0.25) is 0 Å². The summed E-state index contributed by atoms with van der Waals surface area (Å²) in [6, 6.07) is 0.522. The van der Waals surface area contributed by atoms with Crippen molar-refractivity contribution in [3.8, 4) is 0 Å². The van der Waals surface area contributed by atoms with Gasteiger partial charge in [-0.05, 0) is 75.8 Å². The number of rotatable bonds is 2. The van der Waals surface area contributed by atoms with Crippen molar-refractivity contribution in [2.24, 2.45) is 23.5 Å². The zero-order valence-electron chi connectivity index (χ0n) is 12.7. The molecule has 0 amide bonds. The molecule has 0 radical (unpaired) electrons. The maximum Gasteiger partial charge on any atom is 0.116 e. The lowest BCUT2D eigenvalue weighted by Crippen LogP contribution is -2.54. The van der Waals surface area contributed by atoms with E-state index in [0.717, 1.165) is 32.4 Å². The minimum atomic E-state index is -0.806. The first-order chi connectivity index (χ1) is 10.1. The van der Waals surface area contributed by atoms with Gasteiger partial charge in [0.2, 0.25) is 0 Å². The number of hydrogen-bond acceptors (Lipinski definition) is 3. The maximum atomic E-state index is 13.6. The molecule has 122 valence electrons. The maximum absolute atomic E-state index is 13.6. The van der Waals surface area contributed by atoms with Gasteiger partial charge in [0, 0.05) is 6.04 Å². The SMILES string of the molecule is NC1CCC(C2CCCNC2C2CCC(F)C(Cl)C2)CN1. The van der Waals surface area contributed by atoms with Crippen molar-refractivity contribution in [1.29, 1.82) is 0 Å². The molecule has 3 fully saturated rings. The van der Waals surface area contributed by atoms with Gasteiger partial charge in [0.1, 0.15) is 6.17 Å². The number of hydrogen-bond donors (Lipinski definition) is 3. The molecular formula is C16H29ClFN3. The van der Waals surface area contributed by atoms with Gasteiger partial charge in [0.05, 0.1) is 11.5 Å². The molecule has 3 nitrogen and oxygen atoms in total. The fourth-order valence-corrected chi connectivity index (χ4v) is 5.04. The summed E-state index contributed by atoms with van der Waals surface area (Å²) in [7, 11) is 0. The van der Waals surface area contributed by atoms with Crippen LogP contribution in [0.25, 0.3) is 0 Å². The molecule has 1 saturated carbocycles. The van der Waals surface area contributed by atoms with Crippen molar-refractivity contribution in [3.05, 3.63) is 0 Å². The highest BCUT2D eigenvalue weighted by molar-refractivity contribution is 6.21. The van der Waals surface area contributed by atoms with E-state index in [-0.39, 0.29) is 11.5 Å². The van der Waals surface area contributed by atoms with Crippen molar-refractivity contribution in [2.75, 3.05) is 13.1 Å². The Morgan fingerprint density at radius 1 is 1.00 bits per heavy atom. The molecule has 7 unspecified atom stereocenters. The molecule has 0 aromatic rings. The summed E-state index contributed by atoms with van der Waals surface area (Å²) < 4.78 is 13.6. The standard InChI is InChI=1S/C16H29ClFN3/c17-13-8-10(3-5-14(13)18)16-12(2-1-7-20-16)11-4-6-15(19)21-9-11/h10-16,20-21H,1-9,19H2. The van der Waals surface area contributed by atoms with Crippen LogP contribution in [-0.4, -0.2) is 36.8 Å². The normalized spacial score (nSPS) is 49.0. The van der Waals surface area contributed by atoms with Gasteiger partial charge >= 0.3 is 0 Å². The van der Waals surface area contributed by atoms with E-state index in [4.69, 9.17) is 17.3 Å². The molecule has 4 N–H and O–H groups in total. The van der Waals surface area contributed by atoms with Crippen molar-refractivity contribution in [1.82, 2.24) is 10.6 Å². The van der Waals surface area contributed by atoms with Crippen molar-refractivity contribution < 1.29 is 4.39 Å². The summed E-state index contributed by atoms with van der Waals surface area (Å²) in [4.78, 5) is 0. The average Bonchev–Trinajstić information content (AvgIpc) is 2.51. The molecule has 0 bridgehead atoms. The van der Waals surface area contributed by atoms with Gasteiger partial charge in [-0.15, -0.1) is 11.6 Å². The van der Waals surface area contributed by atoms with Crippen LogP contribution in [0.2, 0.25) is 0 Å². The van der Waals surface area contributed by atoms with E-state index in [9.17, 15) is 4.39 Å². The van der Waals surface area contributed by atoms with E-state index >= 15 is 0 Å². The summed E-state index contributed by atoms with van der Waals surface area (Å²) in [6.07, 6.45) is 6.66. The third kappa shape index (κ3) is 3.72. The summed E-state index contributed by atoms with van der Waals surface area (Å²) in [5, 5.41) is 6.89. The molecule has 3 rings (SSSR count). The molecule has 5 heteroatoms. The topological polar surface area (TPSA) is 50.1 Å². The van der Waals surface area contributed by atoms with Crippen LogP contribution in [0.15, 0.2) is 0 Å². The smallest absolute Gasteiger partial charge is 0.116 e. The van der Waals surface area contributed by atoms with Crippen LogP contribution in [0.4, 0.5) is 4.39 Å². The second-order valence-electron chi connectivity index (χ2n) is 7.24. The summed E-state index contributed by atoms with van der Waals surface area (Å²) in [5.41, 5.74) is 5.95. The summed E-state index contributed by atoms with van der Waals surface area (Å²) in [6.45, 7) is 2.14. The fraction of sp³-hybridized carbons (Fsp3) is 1.00. The largest absolute Gasteiger partial charge is 0.316 e. The Morgan fingerprint density at radius 2 is 1.81 bits per heavy atom. The highest BCUT2D eigenvalue weighted by Crippen LogP contribution is 2.39. The minimum Gasteiger partial charge on any atom is -0.316 e. The molecule has 1 aliphatic carbocycles. The first kappa shape index (κ1) is 16.0. The predicted octanol–water partition coefficient (Wildman–Crippen LogP) is 2.38. The second-order valence-corrected chi connectivity index (χ2v) is 7.80. The molecule has 0 aromatic carbocycles. The van der Waals surface area contributed by atoms with Crippen molar-refractivity contribution in [3.63, 3.8) is 0 Å². The Hall–Kier alpha value is 0.1000. The first-order valence-electron chi connectivity index (χ1n) is 8.65. The van der Waals surface area contributed by atoms with Gasteiger partial charge in [-0.25, -0.2) is 4.39 Å². The highest BCUT2D eigenvalue weighted by atomic mass is 35.5.